The van der Waals surface area contributed by atoms with Gasteiger partial charge in [0.1, 0.15) is 6.54 Å². The lowest BCUT2D eigenvalue weighted by molar-refractivity contribution is -0.118. The Morgan fingerprint density at radius 2 is 1.83 bits per heavy atom. The Morgan fingerprint density at radius 3 is 2.52 bits per heavy atom. The van der Waals surface area contributed by atoms with Crippen LogP contribution in [0.5, 0.6) is 0 Å². The second kappa shape index (κ2) is 6.14. The molecule has 0 spiro atoms. The molecular weight excluding hydrogens is 384 g/mol. The molecule has 5 nitrogen and oxygen atoms in total. The van der Waals surface area contributed by atoms with Crippen LogP contribution in [0.15, 0.2) is 46.9 Å². The monoisotopic (exact) mass is 392 g/mol. The minimum atomic E-state index is -0.704. The molecule has 0 saturated carbocycles. The van der Waals surface area contributed by atoms with Gasteiger partial charge >= 0.3 is 0 Å². The van der Waals surface area contributed by atoms with Crippen LogP contribution < -0.4 is 10.2 Å². The number of Topliss-reactive ketones (excluding diaryl/α,β-unsaturated/α-hetero) is 1. The largest absolute Gasteiger partial charge is 0.325 e. The van der Waals surface area contributed by atoms with Crippen molar-refractivity contribution in [1.82, 2.24) is 0 Å². The van der Waals surface area contributed by atoms with Gasteiger partial charge in [-0.05, 0) is 42.5 Å². The fraction of sp³-hybridized carbons (Fsp3) is 0.0625. The van der Waals surface area contributed by atoms with Gasteiger partial charge in [0.25, 0.3) is 11.7 Å². The number of halogens is 2. The normalized spacial score (nSPS) is 13.2. The molecule has 1 aliphatic rings. The van der Waals surface area contributed by atoms with Crippen LogP contribution in [0.1, 0.15) is 10.4 Å². The van der Waals surface area contributed by atoms with Crippen LogP contribution in [0.3, 0.4) is 0 Å². The van der Waals surface area contributed by atoms with Crippen LogP contribution in [0.2, 0.25) is 5.02 Å². The van der Waals surface area contributed by atoms with Gasteiger partial charge in [0.15, 0.2) is 0 Å². The van der Waals surface area contributed by atoms with Gasteiger partial charge in [-0.3, -0.25) is 19.3 Å². The molecule has 0 unspecified atom stereocenters. The molecule has 0 aromatic heterocycles. The average Bonchev–Trinajstić information content (AvgIpc) is 2.74. The standard InChI is InChI=1S/C16H10BrClN2O3/c17-9-1-6-13-12(7-9)15(22)16(23)20(13)8-14(21)19-11-4-2-10(18)3-5-11/h1-7H,8H2,(H,19,21). The van der Waals surface area contributed by atoms with E-state index in [1.807, 2.05) is 0 Å². The summed E-state index contributed by atoms with van der Waals surface area (Å²) in [5.41, 5.74) is 1.30. The lowest BCUT2D eigenvalue weighted by Gasteiger charge is -2.16. The van der Waals surface area contributed by atoms with Crippen molar-refractivity contribution in [2.75, 3.05) is 16.8 Å². The Hall–Kier alpha value is -2.18. The number of carbonyl (C=O) groups is 3. The van der Waals surface area contributed by atoms with Gasteiger partial charge in [-0.15, -0.1) is 0 Å². The zero-order chi connectivity index (χ0) is 16.6. The molecular formula is C16H10BrClN2O3. The summed E-state index contributed by atoms with van der Waals surface area (Å²) in [6.45, 7) is -0.234. The third-order valence-corrected chi connectivity index (χ3v) is 4.11. The summed E-state index contributed by atoms with van der Waals surface area (Å²) < 4.78 is 0.699. The molecule has 7 heteroatoms. The van der Waals surface area contributed by atoms with Crippen LogP contribution >= 0.6 is 27.5 Å². The molecule has 2 amide bonds. The summed E-state index contributed by atoms with van der Waals surface area (Å²) in [4.78, 5) is 37.3. The Morgan fingerprint density at radius 1 is 1.13 bits per heavy atom. The minimum absolute atomic E-state index is 0.234. The average molecular weight is 394 g/mol. The molecule has 0 saturated heterocycles. The first-order valence-electron chi connectivity index (χ1n) is 6.67. The number of carbonyl (C=O) groups excluding carboxylic acids is 3. The maximum atomic E-state index is 12.1. The number of amides is 2. The fourth-order valence-electron chi connectivity index (χ4n) is 2.31. The second-order valence-electron chi connectivity index (χ2n) is 4.94. The van der Waals surface area contributed by atoms with E-state index in [2.05, 4.69) is 21.2 Å². The van der Waals surface area contributed by atoms with Gasteiger partial charge in [0.2, 0.25) is 5.91 Å². The van der Waals surface area contributed by atoms with Crippen LogP contribution in [0.4, 0.5) is 11.4 Å². The van der Waals surface area contributed by atoms with Crippen molar-refractivity contribution in [3.8, 4) is 0 Å². The zero-order valence-corrected chi connectivity index (χ0v) is 14.0. The molecule has 0 atom stereocenters. The lowest BCUT2D eigenvalue weighted by atomic mass is 10.1. The van der Waals surface area contributed by atoms with E-state index in [4.69, 9.17) is 11.6 Å². The Kier molecular flexibility index (Phi) is 4.19. The summed E-state index contributed by atoms with van der Waals surface area (Å²) in [6, 6.07) is 11.5. The third-order valence-electron chi connectivity index (χ3n) is 3.36. The van der Waals surface area contributed by atoms with E-state index < -0.39 is 17.6 Å². The number of nitrogens with one attached hydrogen (secondary N) is 1. The van der Waals surface area contributed by atoms with Crippen molar-refractivity contribution < 1.29 is 14.4 Å². The summed E-state index contributed by atoms with van der Waals surface area (Å²) in [5.74, 6) is -1.71. The Bertz CT molecular complexity index is 821. The summed E-state index contributed by atoms with van der Waals surface area (Å²) in [6.07, 6.45) is 0. The van der Waals surface area contributed by atoms with Crippen molar-refractivity contribution in [2.45, 2.75) is 0 Å². The molecule has 2 aromatic carbocycles. The van der Waals surface area contributed by atoms with Crippen molar-refractivity contribution >= 4 is 56.5 Å². The topological polar surface area (TPSA) is 66.5 Å². The highest BCUT2D eigenvalue weighted by Crippen LogP contribution is 2.31. The maximum Gasteiger partial charge on any atom is 0.299 e. The molecule has 1 aliphatic heterocycles. The van der Waals surface area contributed by atoms with Gasteiger partial charge in [-0.1, -0.05) is 27.5 Å². The first-order valence-corrected chi connectivity index (χ1v) is 7.84. The highest BCUT2D eigenvalue weighted by molar-refractivity contribution is 9.10. The number of hydrogen-bond donors (Lipinski definition) is 1. The number of fused-ring (bicyclic) bond motifs is 1. The number of benzene rings is 2. The molecule has 0 radical (unpaired) electrons. The van der Waals surface area contributed by atoms with E-state index in [1.54, 1.807) is 42.5 Å². The molecule has 0 bridgehead atoms. The van der Waals surface area contributed by atoms with Crippen LogP contribution in [-0.2, 0) is 9.59 Å². The number of rotatable bonds is 3. The van der Waals surface area contributed by atoms with Gasteiger partial charge in [-0.2, -0.15) is 0 Å². The van der Waals surface area contributed by atoms with Crippen LogP contribution in [-0.4, -0.2) is 24.1 Å². The second-order valence-corrected chi connectivity index (χ2v) is 6.29. The lowest BCUT2D eigenvalue weighted by Crippen LogP contribution is -2.37. The number of ketones is 1. The van der Waals surface area contributed by atoms with Gasteiger partial charge in [0, 0.05) is 15.2 Å². The quantitative estimate of drug-likeness (QED) is 0.814. The highest BCUT2D eigenvalue weighted by atomic mass is 79.9. The number of nitrogens with zero attached hydrogens (tertiary/aromatic N) is 1. The summed E-state index contributed by atoms with van der Waals surface area (Å²) in [7, 11) is 0. The predicted octanol–water partition coefficient (Wildman–Crippen LogP) is 3.27. The fourth-order valence-corrected chi connectivity index (χ4v) is 2.79. The Balaban J connectivity index is 1.78. The zero-order valence-electron chi connectivity index (χ0n) is 11.7. The van der Waals surface area contributed by atoms with E-state index in [-0.39, 0.29) is 6.54 Å². The first-order chi connectivity index (χ1) is 11.0. The summed E-state index contributed by atoms with van der Waals surface area (Å²) >= 11 is 9.04. The molecule has 23 heavy (non-hydrogen) atoms. The molecule has 1 N–H and O–H groups in total. The highest BCUT2D eigenvalue weighted by Gasteiger charge is 2.36. The van der Waals surface area contributed by atoms with E-state index in [9.17, 15) is 14.4 Å². The van der Waals surface area contributed by atoms with Crippen molar-refractivity contribution in [3.05, 3.63) is 57.5 Å². The molecule has 3 rings (SSSR count). The smallest absolute Gasteiger partial charge is 0.299 e. The first kappa shape index (κ1) is 15.7. The van der Waals surface area contributed by atoms with E-state index in [1.165, 1.54) is 4.90 Å². The third kappa shape index (κ3) is 3.13. The molecule has 116 valence electrons. The summed E-state index contributed by atoms with van der Waals surface area (Å²) in [5, 5.41) is 3.22. The van der Waals surface area contributed by atoms with E-state index in [0.29, 0.717) is 26.4 Å². The number of hydrogen-bond acceptors (Lipinski definition) is 3. The molecule has 0 aliphatic carbocycles. The minimum Gasteiger partial charge on any atom is -0.325 e. The molecule has 2 aromatic rings. The van der Waals surface area contributed by atoms with Crippen LogP contribution in [0.25, 0.3) is 0 Å². The molecule has 1 heterocycles. The van der Waals surface area contributed by atoms with Gasteiger partial charge in [-0.25, -0.2) is 0 Å². The van der Waals surface area contributed by atoms with Gasteiger partial charge in [0.05, 0.1) is 11.3 Å². The van der Waals surface area contributed by atoms with Gasteiger partial charge < -0.3 is 5.32 Å². The maximum absolute atomic E-state index is 12.1. The van der Waals surface area contributed by atoms with E-state index >= 15 is 0 Å². The van der Waals surface area contributed by atoms with Crippen molar-refractivity contribution in [3.63, 3.8) is 0 Å². The van der Waals surface area contributed by atoms with E-state index in [0.717, 1.165) is 0 Å². The van der Waals surface area contributed by atoms with Crippen LogP contribution in [0, 0.1) is 0 Å². The molecule has 0 fully saturated rings. The number of anilines is 2. The SMILES string of the molecule is O=C(CN1C(=O)C(=O)c2cc(Br)ccc21)Nc1ccc(Cl)cc1. The Labute approximate surface area is 145 Å². The predicted molar refractivity (Wildman–Crippen MR) is 90.9 cm³/mol. The van der Waals surface area contributed by atoms with Crippen molar-refractivity contribution in [2.24, 2.45) is 0 Å². The van der Waals surface area contributed by atoms with Crippen molar-refractivity contribution in [1.29, 1.82) is 0 Å².